The van der Waals surface area contributed by atoms with E-state index in [9.17, 15) is 9.18 Å². The Morgan fingerprint density at radius 1 is 1.14 bits per heavy atom. The molecule has 4 rings (SSSR count). The SMILES string of the molecule is O=C(CCc1nc(-c2cccs2)no1)N1CCCN(c2ccc(F)cc2)CC1. The third kappa shape index (κ3) is 4.39. The molecule has 28 heavy (non-hydrogen) atoms. The predicted molar refractivity (Wildman–Crippen MR) is 106 cm³/mol. The van der Waals surface area contributed by atoms with E-state index in [-0.39, 0.29) is 11.7 Å². The lowest BCUT2D eigenvalue weighted by Gasteiger charge is -2.23. The van der Waals surface area contributed by atoms with Gasteiger partial charge in [0.25, 0.3) is 0 Å². The van der Waals surface area contributed by atoms with E-state index in [0.717, 1.165) is 36.6 Å². The monoisotopic (exact) mass is 400 g/mol. The molecule has 0 radical (unpaired) electrons. The van der Waals surface area contributed by atoms with Gasteiger partial charge < -0.3 is 14.3 Å². The van der Waals surface area contributed by atoms with Crippen molar-refractivity contribution < 1.29 is 13.7 Å². The van der Waals surface area contributed by atoms with Gasteiger partial charge in [-0.3, -0.25) is 4.79 Å². The number of thiophene rings is 1. The molecule has 0 aliphatic carbocycles. The maximum atomic E-state index is 13.1. The Balaban J connectivity index is 1.30. The Morgan fingerprint density at radius 2 is 2.00 bits per heavy atom. The van der Waals surface area contributed by atoms with Crippen LogP contribution in [0.25, 0.3) is 10.7 Å². The molecule has 1 fully saturated rings. The summed E-state index contributed by atoms with van der Waals surface area (Å²) in [5.41, 5.74) is 0.989. The van der Waals surface area contributed by atoms with E-state index in [4.69, 9.17) is 4.52 Å². The van der Waals surface area contributed by atoms with Gasteiger partial charge in [-0.15, -0.1) is 11.3 Å². The molecular weight excluding hydrogens is 379 g/mol. The van der Waals surface area contributed by atoms with Crippen molar-refractivity contribution in [1.82, 2.24) is 15.0 Å². The first-order valence-electron chi connectivity index (χ1n) is 9.34. The summed E-state index contributed by atoms with van der Waals surface area (Å²) in [4.78, 5) is 22.0. The summed E-state index contributed by atoms with van der Waals surface area (Å²) in [7, 11) is 0. The van der Waals surface area contributed by atoms with Gasteiger partial charge in [-0.1, -0.05) is 11.2 Å². The van der Waals surface area contributed by atoms with E-state index < -0.39 is 0 Å². The van der Waals surface area contributed by atoms with Crippen molar-refractivity contribution in [1.29, 1.82) is 0 Å². The Hall–Kier alpha value is -2.74. The van der Waals surface area contributed by atoms with Crippen LogP contribution in [0.15, 0.2) is 46.3 Å². The highest BCUT2D eigenvalue weighted by molar-refractivity contribution is 7.13. The van der Waals surface area contributed by atoms with E-state index in [0.29, 0.717) is 31.1 Å². The number of carbonyl (C=O) groups excluding carboxylic acids is 1. The summed E-state index contributed by atoms with van der Waals surface area (Å²) in [6.45, 7) is 2.96. The van der Waals surface area contributed by atoms with Crippen LogP contribution in [0.2, 0.25) is 0 Å². The number of hydrogen-bond acceptors (Lipinski definition) is 6. The summed E-state index contributed by atoms with van der Waals surface area (Å²) >= 11 is 1.55. The van der Waals surface area contributed by atoms with Crippen molar-refractivity contribution in [3.63, 3.8) is 0 Å². The minimum absolute atomic E-state index is 0.0943. The molecule has 1 aromatic carbocycles. The highest BCUT2D eigenvalue weighted by Gasteiger charge is 2.20. The quantitative estimate of drug-likeness (QED) is 0.655. The lowest BCUT2D eigenvalue weighted by atomic mass is 10.2. The third-order valence-corrected chi connectivity index (χ3v) is 5.67. The minimum atomic E-state index is -0.237. The average Bonchev–Trinajstić information content (AvgIpc) is 3.34. The molecule has 146 valence electrons. The number of rotatable bonds is 5. The maximum Gasteiger partial charge on any atom is 0.227 e. The van der Waals surface area contributed by atoms with E-state index in [2.05, 4.69) is 15.0 Å². The molecule has 0 unspecified atom stereocenters. The number of nitrogens with zero attached hydrogens (tertiary/aromatic N) is 4. The Morgan fingerprint density at radius 3 is 2.79 bits per heavy atom. The van der Waals surface area contributed by atoms with E-state index in [1.165, 1.54) is 12.1 Å². The van der Waals surface area contributed by atoms with Crippen LogP contribution in [0, 0.1) is 5.82 Å². The summed E-state index contributed by atoms with van der Waals surface area (Å²) in [5, 5.41) is 5.94. The highest BCUT2D eigenvalue weighted by Crippen LogP contribution is 2.22. The molecule has 2 aromatic heterocycles. The normalized spacial score (nSPS) is 14.9. The van der Waals surface area contributed by atoms with Crippen LogP contribution >= 0.6 is 11.3 Å². The zero-order chi connectivity index (χ0) is 19.3. The van der Waals surface area contributed by atoms with Crippen molar-refractivity contribution in [2.24, 2.45) is 0 Å². The number of halogens is 1. The van der Waals surface area contributed by atoms with Crippen molar-refractivity contribution in [3.8, 4) is 10.7 Å². The molecule has 0 atom stereocenters. The maximum absolute atomic E-state index is 13.1. The van der Waals surface area contributed by atoms with Crippen LogP contribution in [-0.4, -0.2) is 47.1 Å². The number of hydrogen-bond donors (Lipinski definition) is 0. The molecule has 0 N–H and O–H groups in total. The summed E-state index contributed by atoms with van der Waals surface area (Å²) in [5.74, 6) is 0.914. The van der Waals surface area contributed by atoms with Gasteiger partial charge in [0, 0.05) is 44.7 Å². The van der Waals surface area contributed by atoms with Crippen molar-refractivity contribution in [2.45, 2.75) is 19.3 Å². The number of amides is 1. The van der Waals surface area contributed by atoms with Crippen molar-refractivity contribution >= 4 is 22.9 Å². The Bertz CT molecular complexity index is 911. The Kier molecular flexibility index (Phi) is 5.66. The van der Waals surface area contributed by atoms with E-state index >= 15 is 0 Å². The van der Waals surface area contributed by atoms with Crippen LogP contribution < -0.4 is 4.90 Å². The van der Waals surface area contributed by atoms with Gasteiger partial charge in [0.05, 0.1) is 4.88 Å². The number of aromatic nitrogens is 2. The number of aryl methyl sites for hydroxylation is 1. The molecule has 0 bridgehead atoms. The fourth-order valence-corrected chi connectivity index (χ4v) is 3.96. The molecule has 0 spiro atoms. The topological polar surface area (TPSA) is 62.5 Å². The van der Waals surface area contributed by atoms with Gasteiger partial charge >= 0.3 is 0 Å². The highest BCUT2D eigenvalue weighted by atomic mass is 32.1. The smallest absolute Gasteiger partial charge is 0.227 e. The lowest BCUT2D eigenvalue weighted by molar-refractivity contribution is -0.131. The first kappa shape index (κ1) is 18.6. The first-order chi connectivity index (χ1) is 13.7. The predicted octanol–water partition coefficient (Wildman–Crippen LogP) is 3.61. The number of benzene rings is 1. The molecule has 1 saturated heterocycles. The second kappa shape index (κ2) is 8.52. The average molecular weight is 400 g/mol. The summed E-state index contributed by atoms with van der Waals surface area (Å²) < 4.78 is 18.4. The fourth-order valence-electron chi connectivity index (χ4n) is 3.31. The van der Waals surface area contributed by atoms with Gasteiger partial charge in [0.15, 0.2) is 0 Å². The van der Waals surface area contributed by atoms with Gasteiger partial charge in [-0.2, -0.15) is 4.98 Å². The molecule has 3 aromatic rings. The number of carbonyl (C=O) groups is 1. The van der Waals surface area contributed by atoms with Crippen LogP contribution in [0.5, 0.6) is 0 Å². The minimum Gasteiger partial charge on any atom is -0.370 e. The van der Waals surface area contributed by atoms with E-state index in [1.807, 2.05) is 22.4 Å². The zero-order valence-electron chi connectivity index (χ0n) is 15.4. The van der Waals surface area contributed by atoms with Crippen molar-refractivity contribution in [3.05, 3.63) is 53.5 Å². The van der Waals surface area contributed by atoms with Crippen LogP contribution in [-0.2, 0) is 11.2 Å². The largest absolute Gasteiger partial charge is 0.370 e. The van der Waals surface area contributed by atoms with Crippen LogP contribution in [0.1, 0.15) is 18.7 Å². The van der Waals surface area contributed by atoms with Gasteiger partial charge in [-0.25, -0.2) is 4.39 Å². The van der Waals surface area contributed by atoms with Gasteiger partial charge in [0.1, 0.15) is 5.82 Å². The van der Waals surface area contributed by atoms with Gasteiger partial charge in [-0.05, 0) is 42.1 Å². The third-order valence-electron chi connectivity index (χ3n) is 4.80. The molecule has 6 nitrogen and oxygen atoms in total. The van der Waals surface area contributed by atoms with E-state index in [1.54, 1.807) is 23.5 Å². The Labute approximate surface area is 166 Å². The van der Waals surface area contributed by atoms with Crippen molar-refractivity contribution in [2.75, 3.05) is 31.1 Å². The first-order valence-corrected chi connectivity index (χ1v) is 10.2. The standard InChI is InChI=1S/C20H21FN4O2S/c21-15-4-6-16(7-5-15)24-10-2-11-25(13-12-24)19(26)9-8-18-22-20(23-27-18)17-3-1-14-28-17/h1,3-7,14H,2,8-13H2. The molecule has 1 amide bonds. The molecule has 1 aliphatic heterocycles. The molecule has 0 saturated carbocycles. The lowest BCUT2D eigenvalue weighted by Crippen LogP contribution is -2.35. The molecule has 1 aliphatic rings. The molecular formula is C20H21FN4O2S. The number of anilines is 1. The second-order valence-corrected chi connectivity index (χ2v) is 7.63. The summed E-state index contributed by atoms with van der Waals surface area (Å²) in [6.07, 6.45) is 1.67. The van der Waals surface area contributed by atoms with Gasteiger partial charge in [0.2, 0.25) is 17.6 Å². The fraction of sp³-hybridized carbons (Fsp3) is 0.350. The summed E-state index contributed by atoms with van der Waals surface area (Å²) in [6, 6.07) is 10.4. The van der Waals surface area contributed by atoms with Crippen LogP contribution in [0.3, 0.4) is 0 Å². The second-order valence-electron chi connectivity index (χ2n) is 6.69. The molecule has 3 heterocycles. The zero-order valence-corrected chi connectivity index (χ0v) is 16.2. The van der Waals surface area contributed by atoms with Crippen LogP contribution in [0.4, 0.5) is 10.1 Å². The molecule has 8 heteroatoms.